The molecule has 0 fully saturated rings. The van der Waals surface area contributed by atoms with E-state index < -0.39 is 0 Å². The Balaban J connectivity index is 1.78. The van der Waals surface area contributed by atoms with E-state index in [1.54, 1.807) is 6.20 Å². The molecular weight excluding hydrogens is 372 g/mol. The van der Waals surface area contributed by atoms with Crippen molar-refractivity contribution in [3.05, 3.63) is 58.8 Å². The van der Waals surface area contributed by atoms with Crippen LogP contribution in [0.4, 0.5) is 5.69 Å². The molecule has 3 rings (SSSR count). The summed E-state index contributed by atoms with van der Waals surface area (Å²) in [5.41, 5.74) is 2.10. The predicted octanol–water partition coefficient (Wildman–Crippen LogP) is 4.16. The molecule has 0 bridgehead atoms. The van der Waals surface area contributed by atoms with Gasteiger partial charge in [0.2, 0.25) is 0 Å². The lowest BCUT2D eigenvalue weighted by Gasteiger charge is -2.22. The molecule has 0 saturated carbocycles. The van der Waals surface area contributed by atoms with E-state index in [1.807, 2.05) is 47.9 Å². The number of hydrogen-bond donors (Lipinski definition) is 1. The van der Waals surface area contributed by atoms with Crippen molar-refractivity contribution in [2.24, 2.45) is 7.05 Å². The molecule has 0 amide bonds. The highest BCUT2D eigenvalue weighted by Crippen LogP contribution is 2.23. The Labute approximate surface area is 149 Å². The van der Waals surface area contributed by atoms with Crippen LogP contribution in [0.25, 0.3) is 10.8 Å². The highest BCUT2D eigenvalue weighted by Gasteiger charge is 2.12. The Kier molecular flexibility index (Phi) is 4.63. The number of thiocarbonyl (C=S) groups is 1. The van der Waals surface area contributed by atoms with Gasteiger partial charge in [0.1, 0.15) is 0 Å². The number of halogens is 1. The van der Waals surface area contributed by atoms with Gasteiger partial charge in [0.15, 0.2) is 5.11 Å². The summed E-state index contributed by atoms with van der Waals surface area (Å²) in [6.07, 6.45) is 1.80. The largest absolute Gasteiger partial charge is 0.346 e. The highest BCUT2D eigenvalue weighted by atomic mass is 79.9. The molecule has 1 aromatic heterocycles. The SMILES string of the molecule is CN(Cc1c(Br)cnn1C)C(=S)Nc1cccc2ccccc12. The van der Waals surface area contributed by atoms with Crippen LogP contribution in [-0.2, 0) is 13.6 Å². The average molecular weight is 389 g/mol. The number of anilines is 1. The van der Waals surface area contributed by atoms with Gasteiger partial charge in [-0.1, -0.05) is 36.4 Å². The molecule has 118 valence electrons. The van der Waals surface area contributed by atoms with E-state index in [-0.39, 0.29) is 0 Å². The number of nitrogens with zero attached hydrogens (tertiary/aromatic N) is 3. The second-order valence-corrected chi connectivity index (χ2v) is 6.62. The zero-order chi connectivity index (χ0) is 16.4. The van der Waals surface area contributed by atoms with Gasteiger partial charge in [-0.3, -0.25) is 4.68 Å². The summed E-state index contributed by atoms with van der Waals surface area (Å²) < 4.78 is 2.83. The minimum Gasteiger partial charge on any atom is -0.346 e. The summed E-state index contributed by atoms with van der Waals surface area (Å²) >= 11 is 9.07. The number of fused-ring (bicyclic) bond motifs is 1. The number of aryl methyl sites for hydroxylation is 1. The maximum atomic E-state index is 5.55. The zero-order valence-electron chi connectivity index (χ0n) is 13.0. The molecule has 0 aliphatic rings. The third-order valence-electron chi connectivity index (χ3n) is 3.78. The van der Waals surface area contributed by atoms with Gasteiger partial charge in [-0.25, -0.2) is 0 Å². The van der Waals surface area contributed by atoms with E-state index >= 15 is 0 Å². The van der Waals surface area contributed by atoms with Crippen molar-refractivity contribution in [3.63, 3.8) is 0 Å². The number of nitrogens with one attached hydrogen (secondary N) is 1. The zero-order valence-corrected chi connectivity index (χ0v) is 15.4. The van der Waals surface area contributed by atoms with Crippen molar-refractivity contribution >= 4 is 49.7 Å². The number of hydrogen-bond acceptors (Lipinski definition) is 2. The van der Waals surface area contributed by atoms with E-state index in [0.29, 0.717) is 11.7 Å². The van der Waals surface area contributed by atoms with Gasteiger partial charge in [-0.2, -0.15) is 5.10 Å². The van der Waals surface area contributed by atoms with Crippen molar-refractivity contribution in [1.29, 1.82) is 0 Å². The normalized spacial score (nSPS) is 10.7. The summed E-state index contributed by atoms with van der Waals surface area (Å²) in [4.78, 5) is 2.00. The molecule has 0 unspecified atom stereocenters. The molecular formula is C17H17BrN4S. The summed E-state index contributed by atoms with van der Waals surface area (Å²) in [7, 11) is 3.90. The van der Waals surface area contributed by atoms with Gasteiger partial charge in [0, 0.05) is 25.2 Å². The third kappa shape index (κ3) is 3.38. The lowest BCUT2D eigenvalue weighted by Crippen LogP contribution is -2.31. The first-order valence-corrected chi connectivity index (χ1v) is 8.42. The van der Waals surface area contributed by atoms with E-state index in [1.165, 1.54) is 5.39 Å². The first-order chi connectivity index (χ1) is 11.1. The Hall–Kier alpha value is -1.92. The molecule has 0 atom stereocenters. The maximum absolute atomic E-state index is 5.55. The van der Waals surface area contributed by atoms with Crippen LogP contribution in [0.3, 0.4) is 0 Å². The molecule has 3 aromatic rings. The Morgan fingerprint density at radius 1 is 1.26 bits per heavy atom. The van der Waals surface area contributed by atoms with Crippen LogP contribution in [0, 0.1) is 0 Å². The molecule has 6 heteroatoms. The minimum atomic E-state index is 0.674. The van der Waals surface area contributed by atoms with E-state index in [4.69, 9.17) is 12.2 Å². The van der Waals surface area contributed by atoms with Crippen LogP contribution >= 0.6 is 28.1 Å². The van der Waals surface area contributed by atoms with Gasteiger partial charge in [-0.15, -0.1) is 0 Å². The number of aromatic nitrogens is 2. The molecule has 1 N–H and O–H groups in total. The third-order valence-corrected chi connectivity index (χ3v) is 4.85. The smallest absolute Gasteiger partial charge is 0.173 e. The average Bonchev–Trinajstić information content (AvgIpc) is 2.87. The van der Waals surface area contributed by atoms with E-state index in [9.17, 15) is 0 Å². The molecule has 4 nitrogen and oxygen atoms in total. The van der Waals surface area contributed by atoms with Crippen LogP contribution < -0.4 is 5.32 Å². The summed E-state index contributed by atoms with van der Waals surface area (Å²) in [6, 6.07) is 14.4. The Bertz CT molecular complexity index is 834. The van der Waals surface area contributed by atoms with Crippen molar-refractivity contribution < 1.29 is 0 Å². The van der Waals surface area contributed by atoms with Crippen LogP contribution in [0.5, 0.6) is 0 Å². The van der Waals surface area contributed by atoms with E-state index in [2.05, 4.69) is 44.5 Å². The quantitative estimate of drug-likeness (QED) is 0.682. The lowest BCUT2D eigenvalue weighted by molar-refractivity contribution is 0.481. The van der Waals surface area contributed by atoms with Crippen LogP contribution in [-0.4, -0.2) is 26.8 Å². The van der Waals surface area contributed by atoms with Crippen LogP contribution in [0.1, 0.15) is 5.69 Å². The summed E-state index contributed by atoms with van der Waals surface area (Å²) in [6.45, 7) is 0.674. The van der Waals surface area contributed by atoms with E-state index in [0.717, 1.165) is 21.2 Å². The van der Waals surface area contributed by atoms with Crippen molar-refractivity contribution in [2.45, 2.75) is 6.54 Å². The summed E-state index contributed by atoms with van der Waals surface area (Å²) in [5, 5.41) is 10.6. The van der Waals surface area contributed by atoms with Gasteiger partial charge < -0.3 is 10.2 Å². The molecule has 0 radical (unpaired) electrons. The topological polar surface area (TPSA) is 33.1 Å². The lowest BCUT2D eigenvalue weighted by atomic mass is 10.1. The van der Waals surface area contributed by atoms with Gasteiger partial charge in [0.05, 0.1) is 22.9 Å². The van der Waals surface area contributed by atoms with Crippen molar-refractivity contribution in [2.75, 3.05) is 12.4 Å². The predicted molar refractivity (Wildman–Crippen MR) is 103 cm³/mol. The fourth-order valence-electron chi connectivity index (χ4n) is 2.46. The van der Waals surface area contributed by atoms with Gasteiger partial charge >= 0.3 is 0 Å². The second kappa shape index (κ2) is 6.68. The molecule has 1 heterocycles. The first-order valence-electron chi connectivity index (χ1n) is 7.22. The first kappa shape index (κ1) is 16.0. The maximum Gasteiger partial charge on any atom is 0.173 e. The molecule has 0 aliphatic heterocycles. The van der Waals surface area contributed by atoms with Crippen molar-refractivity contribution in [1.82, 2.24) is 14.7 Å². The minimum absolute atomic E-state index is 0.674. The standard InChI is InChI=1S/C17H17BrN4S/c1-21(11-16-14(18)10-19-22(16)2)17(23)20-15-9-5-7-12-6-3-4-8-13(12)15/h3-10H,11H2,1-2H3,(H,20,23). The number of rotatable bonds is 3. The van der Waals surface area contributed by atoms with Gasteiger partial charge in [0.25, 0.3) is 0 Å². The molecule has 2 aromatic carbocycles. The van der Waals surface area contributed by atoms with Gasteiger partial charge in [-0.05, 0) is 39.6 Å². The Morgan fingerprint density at radius 2 is 2.00 bits per heavy atom. The Morgan fingerprint density at radius 3 is 2.74 bits per heavy atom. The second-order valence-electron chi connectivity index (χ2n) is 5.38. The van der Waals surface area contributed by atoms with Crippen molar-refractivity contribution in [3.8, 4) is 0 Å². The fraction of sp³-hybridized carbons (Fsp3) is 0.176. The molecule has 0 aliphatic carbocycles. The highest BCUT2D eigenvalue weighted by molar-refractivity contribution is 9.10. The summed E-state index contributed by atoms with van der Waals surface area (Å²) in [5.74, 6) is 0. The molecule has 23 heavy (non-hydrogen) atoms. The monoisotopic (exact) mass is 388 g/mol. The molecule has 0 saturated heterocycles. The molecule has 0 spiro atoms. The number of benzene rings is 2. The fourth-order valence-corrected chi connectivity index (χ4v) is 3.10. The van der Waals surface area contributed by atoms with Crippen LogP contribution in [0.2, 0.25) is 0 Å². The van der Waals surface area contributed by atoms with Crippen LogP contribution in [0.15, 0.2) is 53.1 Å².